The Kier molecular flexibility index (Phi) is 4.74. The number of carbonyl (C=O) groups is 2. The monoisotopic (exact) mass is 390 g/mol. The fourth-order valence-corrected chi connectivity index (χ4v) is 4.36. The van der Waals surface area contributed by atoms with Crippen LogP contribution in [0.2, 0.25) is 0 Å². The van der Waals surface area contributed by atoms with Crippen LogP contribution < -0.4 is 9.64 Å². The summed E-state index contributed by atoms with van der Waals surface area (Å²) >= 11 is 0. The number of amides is 2. The third-order valence-electron chi connectivity index (χ3n) is 6.16. The standard InChI is InChI=1S/C24H26N2O3/c27-23(26-12-11-18-3-1-2-4-21(18)26)10-6-17-5-9-22-20(15-17)16-25(13-14-29-22)24(28)19-7-8-19/h1-5,9,15,19H,6-8,10-14,16H2. The molecule has 1 aliphatic carbocycles. The highest BCUT2D eigenvalue weighted by Crippen LogP contribution is 2.33. The number of nitrogens with zero attached hydrogens (tertiary/aromatic N) is 2. The maximum absolute atomic E-state index is 12.8. The Hall–Kier alpha value is -2.82. The number of carbonyl (C=O) groups excluding carboxylic acids is 2. The van der Waals surface area contributed by atoms with E-state index >= 15 is 0 Å². The molecule has 2 aromatic rings. The molecule has 2 heterocycles. The van der Waals surface area contributed by atoms with Crippen LogP contribution in [0.3, 0.4) is 0 Å². The van der Waals surface area contributed by atoms with Gasteiger partial charge in [-0.15, -0.1) is 0 Å². The zero-order valence-electron chi connectivity index (χ0n) is 16.6. The topological polar surface area (TPSA) is 49.9 Å². The van der Waals surface area contributed by atoms with Gasteiger partial charge in [-0.25, -0.2) is 0 Å². The molecular weight excluding hydrogens is 364 g/mol. The number of hydrogen-bond acceptors (Lipinski definition) is 3. The second-order valence-corrected chi connectivity index (χ2v) is 8.25. The number of anilines is 1. The fraction of sp³-hybridized carbons (Fsp3) is 0.417. The molecule has 0 N–H and O–H groups in total. The van der Waals surface area contributed by atoms with Crippen molar-refractivity contribution in [2.24, 2.45) is 5.92 Å². The zero-order valence-corrected chi connectivity index (χ0v) is 16.6. The molecule has 0 bridgehead atoms. The summed E-state index contributed by atoms with van der Waals surface area (Å²) < 4.78 is 5.86. The molecule has 5 rings (SSSR count). The van der Waals surface area contributed by atoms with Crippen molar-refractivity contribution < 1.29 is 14.3 Å². The van der Waals surface area contributed by atoms with E-state index in [1.165, 1.54) is 5.56 Å². The summed E-state index contributed by atoms with van der Waals surface area (Å²) in [6.07, 6.45) is 4.15. The highest BCUT2D eigenvalue weighted by molar-refractivity contribution is 5.95. The number of fused-ring (bicyclic) bond motifs is 2. The molecule has 5 heteroatoms. The molecule has 3 aliphatic rings. The van der Waals surface area contributed by atoms with Gasteiger partial charge in [0.2, 0.25) is 11.8 Å². The minimum atomic E-state index is 0.173. The molecule has 0 atom stereocenters. The van der Waals surface area contributed by atoms with Gasteiger partial charge < -0.3 is 14.5 Å². The van der Waals surface area contributed by atoms with E-state index in [2.05, 4.69) is 12.1 Å². The predicted octanol–water partition coefficient (Wildman–Crippen LogP) is 3.34. The van der Waals surface area contributed by atoms with Gasteiger partial charge in [0.15, 0.2) is 0 Å². The van der Waals surface area contributed by atoms with Gasteiger partial charge in [-0.3, -0.25) is 9.59 Å². The van der Waals surface area contributed by atoms with Crippen LogP contribution in [-0.4, -0.2) is 36.4 Å². The fourth-order valence-electron chi connectivity index (χ4n) is 4.36. The summed E-state index contributed by atoms with van der Waals surface area (Å²) in [5.41, 5.74) is 4.48. The maximum atomic E-state index is 12.8. The molecule has 1 saturated carbocycles. The highest BCUT2D eigenvalue weighted by atomic mass is 16.5. The molecule has 2 aromatic carbocycles. The highest BCUT2D eigenvalue weighted by Gasteiger charge is 2.34. The van der Waals surface area contributed by atoms with E-state index in [-0.39, 0.29) is 17.7 Å². The van der Waals surface area contributed by atoms with Crippen LogP contribution in [0.15, 0.2) is 42.5 Å². The van der Waals surface area contributed by atoms with E-state index in [1.54, 1.807) is 0 Å². The normalized spacial score (nSPS) is 17.9. The number of aryl methyl sites for hydroxylation is 1. The molecule has 0 radical (unpaired) electrons. The Morgan fingerprint density at radius 1 is 1.03 bits per heavy atom. The van der Waals surface area contributed by atoms with E-state index < -0.39 is 0 Å². The zero-order chi connectivity index (χ0) is 19.8. The van der Waals surface area contributed by atoms with Crippen molar-refractivity contribution >= 4 is 17.5 Å². The van der Waals surface area contributed by atoms with Crippen LogP contribution in [0.5, 0.6) is 5.75 Å². The molecule has 150 valence electrons. The van der Waals surface area contributed by atoms with Crippen LogP contribution in [0.4, 0.5) is 5.69 Å². The first-order valence-corrected chi connectivity index (χ1v) is 10.6. The molecular formula is C24H26N2O3. The number of para-hydroxylation sites is 1. The van der Waals surface area contributed by atoms with Crippen molar-refractivity contribution in [1.29, 1.82) is 0 Å². The molecule has 0 aromatic heterocycles. The second kappa shape index (κ2) is 7.54. The van der Waals surface area contributed by atoms with Crippen LogP contribution in [0.25, 0.3) is 0 Å². The molecule has 5 nitrogen and oxygen atoms in total. The molecule has 2 aliphatic heterocycles. The van der Waals surface area contributed by atoms with Crippen molar-refractivity contribution in [2.75, 3.05) is 24.6 Å². The number of rotatable bonds is 4. The van der Waals surface area contributed by atoms with Crippen LogP contribution in [-0.2, 0) is 29.0 Å². The van der Waals surface area contributed by atoms with Crippen molar-refractivity contribution in [2.45, 2.75) is 38.6 Å². The Labute approximate surface area is 171 Å². The lowest BCUT2D eigenvalue weighted by Crippen LogP contribution is -2.33. The van der Waals surface area contributed by atoms with Crippen molar-refractivity contribution in [3.8, 4) is 5.75 Å². The van der Waals surface area contributed by atoms with Crippen LogP contribution >= 0.6 is 0 Å². The minimum Gasteiger partial charge on any atom is -0.491 e. The lowest BCUT2D eigenvalue weighted by atomic mass is 10.0. The second-order valence-electron chi connectivity index (χ2n) is 8.25. The number of ether oxygens (including phenoxy) is 1. The molecule has 0 spiro atoms. The van der Waals surface area contributed by atoms with Crippen molar-refractivity contribution in [3.63, 3.8) is 0 Å². The summed E-state index contributed by atoms with van der Waals surface area (Å²) in [5.74, 6) is 1.52. The summed E-state index contributed by atoms with van der Waals surface area (Å²) in [5, 5.41) is 0. The van der Waals surface area contributed by atoms with Gasteiger partial charge in [0, 0.05) is 36.7 Å². The quantitative estimate of drug-likeness (QED) is 0.805. The van der Waals surface area contributed by atoms with Gasteiger partial charge in [-0.2, -0.15) is 0 Å². The average molecular weight is 390 g/mol. The number of hydrogen-bond donors (Lipinski definition) is 0. The predicted molar refractivity (Wildman–Crippen MR) is 111 cm³/mol. The Bertz CT molecular complexity index is 951. The SMILES string of the molecule is O=C(C1CC1)N1CCOc2ccc(CCC(=O)N3CCc4ccccc43)cc2C1. The first kappa shape index (κ1) is 18.2. The maximum Gasteiger partial charge on any atom is 0.227 e. The summed E-state index contributed by atoms with van der Waals surface area (Å²) in [6.45, 7) is 2.56. The summed E-state index contributed by atoms with van der Waals surface area (Å²) in [4.78, 5) is 29.1. The third-order valence-corrected chi connectivity index (χ3v) is 6.16. The van der Waals surface area contributed by atoms with Crippen LogP contribution in [0.1, 0.15) is 36.0 Å². The molecule has 2 amide bonds. The van der Waals surface area contributed by atoms with Gasteiger partial charge in [-0.1, -0.05) is 30.3 Å². The lowest BCUT2D eigenvalue weighted by Gasteiger charge is -2.20. The average Bonchev–Trinajstić information content (AvgIpc) is 3.53. The van der Waals surface area contributed by atoms with E-state index in [0.717, 1.165) is 48.4 Å². The van der Waals surface area contributed by atoms with Crippen LogP contribution in [0, 0.1) is 5.92 Å². The Balaban J connectivity index is 1.26. The van der Waals surface area contributed by atoms with E-state index in [1.807, 2.05) is 40.1 Å². The van der Waals surface area contributed by atoms with E-state index in [4.69, 9.17) is 4.74 Å². The van der Waals surface area contributed by atoms with E-state index in [0.29, 0.717) is 32.5 Å². The van der Waals surface area contributed by atoms with E-state index in [9.17, 15) is 9.59 Å². The molecule has 1 fully saturated rings. The largest absolute Gasteiger partial charge is 0.491 e. The molecule has 29 heavy (non-hydrogen) atoms. The smallest absolute Gasteiger partial charge is 0.227 e. The van der Waals surface area contributed by atoms with Crippen molar-refractivity contribution in [3.05, 3.63) is 59.2 Å². The van der Waals surface area contributed by atoms with Gasteiger partial charge >= 0.3 is 0 Å². The van der Waals surface area contributed by atoms with Gasteiger partial charge in [0.05, 0.1) is 6.54 Å². The van der Waals surface area contributed by atoms with Gasteiger partial charge in [0.1, 0.15) is 12.4 Å². The van der Waals surface area contributed by atoms with Gasteiger partial charge in [-0.05, 0) is 48.9 Å². The van der Waals surface area contributed by atoms with Crippen molar-refractivity contribution in [1.82, 2.24) is 4.90 Å². The third kappa shape index (κ3) is 3.74. The first-order valence-electron chi connectivity index (χ1n) is 10.6. The molecule has 0 saturated heterocycles. The Morgan fingerprint density at radius 3 is 2.76 bits per heavy atom. The van der Waals surface area contributed by atoms with Gasteiger partial charge in [0.25, 0.3) is 0 Å². The summed E-state index contributed by atoms with van der Waals surface area (Å²) in [6, 6.07) is 14.3. The summed E-state index contributed by atoms with van der Waals surface area (Å²) in [7, 11) is 0. The minimum absolute atomic E-state index is 0.173. The first-order chi connectivity index (χ1) is 14.2. The number of benzene rings is 2. The lowest BCUT2D eigenvalue weighted by molar-refractivity contribution is -0.133. The Morgan fingerprint density at radius 2 is 1.90 bits per heavy atom. The molecule has 0 unspecified atom stereocenters.